The second-order valence-electron chi connectivity index (χ2n) is 8.65. The lowest BCUT2D eigenvalue weighted by molar-refractivity contribution is -0.136. The fraction of sp³-hybridized carbons (Fsp3) is 0.429. The summed E-state index contributed by atoms with van der Waals surface area (Å²) in [6, 6.07) is 3.40. The highest BCUT2D eigenvalue weighted by atomic mass is 19.4. The maximum atomic E-state index is 12.9. The third kappa shape index (κ3) is 3.70. The summed E-state index contributed by atoms with van der Waals surface area (Å²) in [6.45, 7) is 1.46. The van der Waals surface area contributed by atoms with Crippen LogP contribution in [-0.4, -0.2) is 48.8 Å². The number of hydrogen-bond donors (Lipinski definition) is 3. The van der Waals surface area contributed by atoms with E-state index in [0.717, 1.165) is 12.8 Å². The molecule has 1 aliphatic carbocycles. The number of anilines is 2. The van der Waals surface area contributed by atoms with Crippen molar-refractivity contribution in [3.8, 4) is 11.5 Å². The van der Waals surface area contributed by atoms with E-state index in [1.807, 2.05) is 0 Å². The number of aromatic nitrogens is 5. The molecule has 1 atom stereocenters. The van der Waals surface area contributed by atoms with Gasteiger partial charge in [-0.15, -0.1) is 0 Å². The van der Waals surface area contributed by atoms with Gasteiger partial charge in [-0.1, -0.05) is 0 Å². The van der Waals surface area contributed by atoms with Crippen LogP contribution in [0, 0.1) is 0 Å². The molecule has 5 rings (SSSR count). The second kappa shape index (κ2) is 7.64. The maximum Gasteiger partial charge on any atom is 0.389 e. The number of carbonyl (C=O) groups is 2. The van der Waals surface area contributed by atoms with Crippen LogP contribution < -0.4 is 16.4 Å². The Labute approximate surface area is 191 Å². The SMILES string of the molecule is CC1(C(=O)NC2CC2)C(=O)Nc2nc(-c3nn(CCCC(F)(F)F)c4ncccc34)nc(N)c21. The van der Waals surface area contributed by atoms with Crippen molar-refractivity contribution in [1.82, 2.24) is 30.0 Å². The number of fused-ring (bicyclic) bond motifs is 2. The van der Waals surface area contributed by atoms with E-state index >= 15 is 0 Å². The molecule has 1 aliphatic heterocycles. The molecule has 2 aliphatic rings. The van der Waals surface area contributed by atoms with Crippen LogP contribution >= 0.6 is 0 Å². The van der Waals surface area contributed by atoms with Gasteiger partial charge in [-0.25, -0.2) is 19.6 Å². The van der Waals surface area contributed by atoms with Crippen molar-refractivity contribution in [3.05, 3.63) is 23.9 Å². The third-order valence-electron chi connectivity index (χ3n) is 6.04. The Bertz CT molecular complexity index is 1320. The lowest BCUT2D eigenvalue weighted by Crippen LogP contribution is -2.48. The first-order chi connectivity index (χ1) is 16.1. The molecule has 13 heteroatoms. The Morgan fingerprint density at radius 2 is 2.12 bits per heavy atom. The molecule has 10 nitrogen and oxygen atoms in total. The number of aryl methyl sites for hydroxylation is 1. The predicted molar refractivity (Wildman–Crippen MR) is 115 cm³/mol. The van der Waals surface area contributed by atoms with Crippen molar-refractivity contribution in [2.24, 2.45) is 0 Å². The third-order valence-corrected chi connectivity index (χ3v) is 6.04. The van der Waals surface area contributed by atoms with Gasteiger partial charge < -0.3 is 16.4 Å². The van der Waals surface area contributed by atoms with Gasteiger partial charge in [-0.3, -0.25) is 9.59 Å². The van der Waals surface area contributed by atoms with Crippen LogP contribution in [0.1, 0.15) is 38.2 Å². The van der Waals surface area contributed by atoms with Crippen molar-refractivity contribution in [1.29, 1.82) is 0 Å². The number of amides is 2. The first-order valence-corrected chi connectivity index (χ1v) is 10.8. The number of hydrogen-bond acceptors (Lipinski definition) is 7. The summed E-state index contributed by atoms with van der Waals surface area (Å²) in [5.74, 6) is -0.933. The summed E-state index contributed by atoms with van der Waals surface area (Å²) in [7, 11) is 0. The molecule has 34 heavy (non-hydrogen) atoms. The molecule has 178 valence electrons. The van der Waals surface area contributed by atoms with Crippen molar-refractivity contribution in [3.63, 3.8) is 0 Å². The average Bonchev–Trinajstić information content (AvgIpc) is 3.44. The Morgan fingerprint density at radius 1 is 1.35 bits per heavy atom. The van der Waals surface area contributed by atoms with E-state index in [9.17, 15) is 22.8 Å². The van der Waals surface area contributed by atoms with E-state index in [1.165, 1.54) is 17.8 Å². The Morgan fingerprint density at radius 3 is 2.82 bits per heavy atom. The van der Waals surface area contributed by atoms with E-state index in [1.54, 1.807) is 12.1 Å². The molecule has 1 unspecified atom stereocenters. The minimum atomic E-state index is -4.27. The summed E-state index contributed by atoms with van der Waals surface area (Å²) in [5, 5.41) is 10.4. The molecule has 0 spiro atoms. The summed E-state index contributed by atoms with van der Waals surface area (Å²) < 4.78 is 39.2. The van der Waals surface area contributed by atoms with Gasteiger partial charge in [-0.05, 0) is 38.3 Å². The van der Waals surface area contributed by atoms with Crippen molar-refractivity contribution in [2.75, 3.05) is 11.1 Å². The van der Waals surface area contributed by atoms with Gasteiger partial charge >= 0.3 is 6.18 Å². The van der Waals surface area contributed by atoms with Gasteiger partial charge in [0.2, 0.25) is 11.8 Å². The normalized spacial score (nSPS) is 19.8. The standard InChI is InChI=1S/C21H21F3N8O2/c1-20(18(33)27-10-5-6-10)12-14(25)28-16(29-15(12)30-19(20)34)13-11-4-2-8-26-17(11)32(31-13)9-3-7-21(22,23)24/h2,4,8,10H,3,5-7,9H2,1H3,(H,27,33)(H3,25,28,29,30,34). The molecule has 1 fully saturated rings. The van der Waals surface area contributed by atoms with Gasteiger partial charge in [0.15, 0.2) is 16.9 Å². The molecule has 2 amide bonds. The number of pyridine rings is 1. The van der Waals surface area contributed by atoms with Crippen LogP contribution in [0.2, 0.25) is 0 Å². The molecule has 0 saturated heterocycles. The molecule has 0 aromatic carbocycles. The quantitative estimate of drug-likeness (QED) is 0.466. The minimum absolute atomic E-state index is 0.0103. The highest BCUT2D eigenvalue weighted by molar-refractivity contribution is 6.21. The number of nitrogen functional groups attached to an aromatic ring is 1. The van der Waals surface area contributed by atoms with Gasteiger partial charge in [0.25, 0.3) is 0 Å². The number of nitrogens with zero attached hydrogens (tertiary/aromatic N) is 5. The molecular weight excluding hydrogens is 453 g/mol. The molecular formula is C21H21F3N8O2. The van der Waals surface area contributed by atoms with Crippen molar-refractivity contribution >= 4 is 34.5 Å². The Kier molecular flexibility index (Phi) is 4.95. The monoisotopic (exact) mass is 474 g/mol. The zero-order valence-corrected chi connectivity index (χ0v) is 18.1. The van der Waals surface area contributed by atoms with Crippen LogP contribution in [0.15, 0.2) is 18.3 Å². The minimum Gasteiger partial charge on any atom is -0.383 e. The number of rotatable bonds is 6. The zero-order chi connectivity index (χ0) is 24.3. The van der Waals surface area contributed by atoms with E-state index in [0.29, 0.717) is 11.0 Å². The fourth-order valence-corrected chi connectivity index (χ4v) is 4.05. The summed E-state index contributed by atoms with van der Waals surface area (Å²) in [5.41, 5.74) is 5.45. The van der Waals surface area contributed by atoms with Crippen LogP contribution in [0.25, 0.3) is 22.6 Å². The smallest absolute Gasteiger partial charge is 0.383 e. The largest absolute Gasteiger partial charge is 0.389 e. The molecule has 0 radical (unpaired) electrons. The van der Waals surface area contributed by atoms with Crippen LogP contribution in [0.3, 0.4) is 0 Å². The first-order valence-electron chi connectivity index (χ1n) is 10.8. The molecule has 3 aromatic heterocycles. The molecule has 4 N–H and O–H groups in total. The van der Waals surface area contributed by atoms with E-state index in [2.05, 4.69) is 30.7 Å². The predicted octanol–water partition coefficient (Wildman–Crippen LogP) is 2.30. The molecule has 1 saturated carbocycles. The highest BCUT2D eigenvalue weighted by Gasteiger charge is 2.53. The molecule has 0 bridgehead atoms. The molecule has 4 heterocycles. The fourth-order valence-electron chi connectivity index (χ4n) is 4.05. The van der Waals surface area contributed by atoms with Gasteiger partial charge in [-0.2, -0.15) is 18.3 Å². The summed E-state index contributed by atoms with van der Waals surface area (Å²) in [6.07, 6.45) is -2.17. The number of alkyl halides is 3. The Balaban J connectivity index is 1.53. The van der Waals surface area contributed by atoms with Crippen LogP contribution in [-0.2, 0) is 21.5 Å². The van der Waals surface area contributed by atoms with Crippen LogP contribution in [0.4, 0.5) is 24.8 Å². The number of carbonyl (C=O) groups excluding carboxylic acids is 2. The number of nitrogens with two attached hydrogens (primary N) is 1. The number of halogens is 3. The van der Waals surface area contributed by atoms with E-state index < -0.39 is 29.8 Å². The zero-order valence-electron chi connectivity index (χ0n) is 18.1. The van der Waals surface area contributed by atoms with E-state index in [-0.39, 0.29) is 47.7 Å². The highest BCUT2D eigenvalue weighted by Crippen LogP contribution is 2.42. The lowest BCUT2D eigenvalue weighted by Gasteiger charge is -2.21. The summed E-state index contributed by atoms with van der Waals surface area (Å²) >= 11 is 0. The molecule has 3 aromatic rings. The second-order valence-corrected chi connectivity index (χ2v) is 8.65. The van der Waals surface area contributed by atoms with Crippen LogP contribution in [0.5, 0.6) is 0 Å². The van der Waals surface area contributed by atoms with Gasteiger partial charge in [0.1, 0.15) is 17.3 Å². The first kappa shape index (κ1) is 22.0. The van der Waals surface area contributed by atoms with Crippen molar-refractivity contribution < 1.29 is 22.8 Å². The summed E-state index contributed by atoms with van der Waals surface area (Å²) in [4.78, 5) is 38.6. The Hall–Kier alpha value is -3.77. The average molecular weight is 474 g/mol. The van der Waals surface area contributed by atoms with Gasteiger partial charge in [0, 0.05) is 25.2 Å². The van der Waals surface area contributed by atoms with Crippen molar-refractivity contribution in [2.45, 2.75) is 56.8 Å². The number of nitrogens with one attached hydrogen (secondary N) is 2. The lowest BCUT2D eigenvalue weighted by atomic mass is 9.83. The van der Waals surface area contributed by atoms with Gasteiger partial charge in [0.05, 0.1) is 10.9 Å². The topological polar surface area (TPSA) is 141 Å². The van der Waals surface area contributed by atoms with E-state index in [4.69, 9.17) is 5.73 Å². The maximum absolute atomic E-state index is 12.9.